The topological polar surface area (TPSA) is 145 Å². The molecule has 50 heavy (non-hydrogen) atoms. The molecule has 0 amide bonds. The van der Waals surface area contributed by atoms with E-state index < -0.39 is 42.4 Å². The van der Waals surface area contributed by atoms with Crippen molar-refractivity contribution < 1.29 is 33.3 Å². The lowest BCUT2D eigenvalue weighted by molar-refractivity contribution is -0.0660. The molecular formula is C36H35N5O7S2. The Morgan fingerprint density at radius 2 is 1.26 bits per heavy atom. The number of carbonyl (C=O) groups is 3. The lowest BCUT2D eigenvalue weighted by Crippen LogP contribution is -2.41. The van der Waals surface area contributed by atoms with E-state index >= 15 is 0 Å². The number of esters is 3. The van der Waals surface area contributed by atoms with Gasteiger partial charge in [-0.2, -0.15) is 4.98 Å². The van der Waals surface area contributed by atoms with Crippen LogP contribution in [0.5, 0.6) is 0 Å². The van der Waals surface area contributed by atoms with Crippen LogP contribution in [0.25, 0.3) is 11.2 Å². The van der Waals surface area contributed by atoms with Crippen LogP contribution < -0.4 is 0 Å². The van der Waals surface area contributed by atoms with Gasteiger partial charge in [-0.05, 0) is 55.0 Å². The van der Waals surface area contributed by atoms with Crippen molar-refractivity contribution in [2.24, 2.45) is 0 Å². The third-order valence-corrected chi connectivity index (χ3v) is 9.80. The van der Waals surface area contributed by atoms with E-state index in [1.165, 1.54) is 28.2 Å². The summed E-state index contributed by atoms with van der Waals surface area (Å²) in [4.78, 5) is 49.6. The van der Waals surface area contributed by atoms with E-state index in [1.807, 2.05) is 0 Å². The van der Waals surface area contributed by atoms with Gasteiger partial charge in [-0.3, -0.25) is 0 Å². The molecule has 1 fully saturated rings. The van der Waals surface area contributed by atoms with Crippen LogP contribution in [0.1, 0.15) is 64.0 Å². The first kappa shape index (κ1) is 35.1. The Bertz CT molecular complexity index is 1910. The fourth-order valence-corrected chi connectivity index (χ4v) is 6.82. The fourth-order valence-electron chi connectivity index (χ4n) is 5.20. The lowest BCUT2D eigenvalue weighted by atomic mass is 10.1. The molecule has 4 atom stereocenters. The van der Waals surface area contributed by atoms with Gasteiger partial charge in [-0.1, -0.05) is 85.4 Å². The van der Waals surface area contributed by atoms with Crippen molar-refractivity contribution in [2.75, 3.05) is 18.1 Å². The number of rotatable bonds is 14. The molecule has 0 N–H and O–H groups in total. The van der Waals surface area contributed by atoms with Crippen molar-refractivity contribution in [3.8, 4) is 0 Å². The Kier molecular flexibility index (Phi) is 11.7. The number of ether oxygens (including phenoxy) is 4. The molecular weight excluding hydrogens is 679 g/mol. The predicted octanol–water partition coefficient (Wildman–Crippen LogP) is 6.43. The summed E-state index contributed by atoms with van der Waals surface area (Å²) in [5.41, 5.74) is 1.71. The van der Waals surface area contributed by atoms with Crippen molar-refractivity contribution in [3.05, 3.63) is 108 Å². The summed E-state index contributed by atoms with van der Waals surface area (Å²) in [6.07, 6.45) is -2.88. The maximum absolute atomic E-state index is 13.6. The number of carbonyl (C=O) groups excluding carboxylic acids is 3. The molecule has 1 saturated heterocycles. The normalized spacial score (nSPS) is 18.5. The smallest absolute Gasteiger partial charge is 0.338 e. The molecule has 6 rings (SSSR count). The highest BCUT2D eigenvalue weighted by atomic mass is 32.2. The maximum atomic E-state index is 13.6. The number of thioether (sulfide) groups is 2. The van der Waals surface area contributed by atoms with E-state index in [-0.39, 0.29) is 17.7 Å². The third kappa shape index (κ3) is 8.15. The molecule has 1 aliphatic rings. The molecule has 3 heterocycles. The second-order valence-corrected chi connectivity index (χ2v) is 13.4. The van der Waals surface area contributed by atoms with Crippen LogP contribution in [-0.2, 0) is 18.9 Å². The first-order valence-corrected chi connectivity index (χ1v) is 18.2. The molecule has 0 unspecified atom stereocenters. The average molecular weight is 714 g/mol. The zero-order chi connectivity index (χ0) is 34.9. The third-order valence-electron chi connectivity index (χ3n) is 7.58. The van der Waals surface area contributed by atoms with Gasteiger partial charge in [0.15, 0.2) is 23.6 Å². The molecule has 12 nitrogen and oxygen atoms in total. The van der Waals surface area contributed by atoms with Crippen LogP contribution in [0.2, 0.25) is 0 Å². The van der Waals surface area contributed by atoms with Crippen LogP contribution in [0.15, 0.2) is 101 Å². The number of benzene rings is 3. The summed E-state index contributed by atoms with van der Waals surface area (Å²) >= 11 is 3.05. The summed E-state index contributed by atoms with van der Waals surface area (Å²) in [6.45, 7) is 3.83. The lowest BCUT2D eigenvalue weighted by Gasteiger charge is -2.24. The quantitative estimate of drug-likeness (QED) is 0.0410. The van der Waals surface area contributed by atoms with Gasteiger partial charge < -0.3 is 18.9 Å². The highest BCUT2D eigenvalue weighted by Crippen LogP contribution is 2.38. The highest BCUT2D eigenvalue weighted by Gasteiger charge is 2.52. The molecule has 258 valence electrons. The number of hydrogen-bond donors (Lipinski definition) is 0. The molecule has 3 aromatic carbocycles. The van der Waals surface area contributed by atoms with Crippen molar-refractivity contribution in [1.82, 2.24) is 25.0 Å². The Hall–Kier alpha value is -4.79. The van der Waals surface area contributed by atoms with Crippen molar-refractivity contribution >= 4 is 52.6 Å². The van der Waals surface area contributed by atoms with Gasteiger partial charge in [0.25, 0.3) is 0 Å². The van der Waals surface area contributed by atoms with Crippen LogP contribution in [0, 0.1) is 0 Å². The van der Waals surface area contributed by atoms with Gasteiger partial charge in [0.05, 0.1) is 16.7 Å². The van der Waals surface area contributed by atoms with E-state index in [0.29, 0.717) is 26.9 Å². The van der Waals surface area contributed by atoms with E-state index in [2.05, 4.69) is 29.1 Å². The Morgan fingerprint density at radius 3 is 1.84 bits per heavy atom. The summed E-state index contributed by atoms with van der Waals surface area (Å²) in [7, 11) is 0. The van der Waals surface area contributed by atoms with Crippen LogP contribution in [0.4, 0.5) is 0 Å². The predicted molar refractivity (Wildman–Crippen MR) is 187 cm³/mol. The summed E-state index contributed by atoms with van der Waals surface area (Å²) in [5, 5.41) is 10.00. The minimum Gasteiger partial charge on any atom is -0.459 e. The number of aromatic nitrogens is 5. The van der Waals surface area contributed by atoms with Gasteiger partial charge in [0.2, 0.25) is 5.65 Å². The Balaban J connectivity index is 1.41. The summed E-state index contributed by atoms with van der Waals surface area (Å²) in [5.74, 6) is -0.352. The van der Waals surface area contributed by atoms with Crippen LogP contribution in [-0.4, -0.2) is 79.3 Å². The standard InChI is InChI=1S/C36H35N5O7S2/c1-3-20-49-31-27-30(37-36(38-31)50-21-4-2)39-40-41(27)32-29(48-35(44)25-18-12-7-13-19-25)28(47-34(43)24-16-10-6-11-17-24)26(46-32)22-45-33(42)23-14-8-5-9-15-23/h5-19,26,28-29,32H,3-4,20-22H2,1-2H3/t26-,28-,29-,32-/m1/s1. The molecule has 0 saturated carbocycles. The SMILES string of the molecule is CCCSc1nc(SCCC)c2c(nnn2[C@@H]2O[C@H](COC(=O)c3ccccc3)[C@@H](OC(=O)c3ccccc3)[C@H]2OC(=O)c2ccccc2)n1. The molecule has 0 bridgehead atoms. The Labute approximate surface area is 297 Å². The zero-order valence-electron chi connectivity index (χ0n) is 27.4. The van der Waals surface area contributed by atoms with Crippen molar-refractivity contribution in [2.45, 2.75) is 61.4 Å². The minimum atomic E-state index is -1.25. The van der Waals surface area contributed by atoms with Gasteiger partial charge in [0, 0.05) is 5.75 Å². The van der Waals surface area contributed by atoms with E-state index in [1.54, 1.807) is 91.0 Å². The Morgan fingerprint density at radius 1 is 0.720 bits per heavy atom. The van der Waals surface area contributed by atoms with Crippen molar-refractivity contribution in [1.29, 1.82) is 0 Å². The first-order valence-electron chi connectivity index (χ1n) is 16.2. The van der Waals surface area contributed by atoms with Gasteiger partial charge in [-0.25, -0.2) is 24.0 Å². The van der Waals surface area contributed by atoms with Crippen molar-refractivity contribution in [3.63, 3.8) is 0 Å². The van der Waals surface area contributed by atoms with Gasteiger partial charge in [-0.15, -0.1) is 16.9 Å². The van der Waals surface area contributed by atoms with E-state index in [0.717, 1.165) is 24.3 Å². The monoisotopic (exact) mass is 713 g/mol. The number of fused-ring (bicyclic) bond motifs is 1. The van der Waals surface area contributed by atoms with E-state index in [4.69, 9.17) is 23.9 Å². The second kappa shape index (κ2) is 16.7. The molecule has 5 aromatic rings. The molecule has 14 heteroatoms. The molecule has 2 aromatic heterocycles. The highest BCUT2D eigenvalue weighted by molar-refractivity contribution is 7.99. The van der Waals surface area contributed by atoms with Crippen LogP contribution >= 0.6 is 23.5 Å². The number of nitrogens with zero attached hydrogens (tertiary/aromatic N) is 5. The zero-order valence-corrected chi connectivity index (χ0v) is 29.0. The average Bonchev–Trinajstić information content (AvgIpc) is 3.73. The first-order chi connectivity index (χ1) is 24.5. The molecule has 0 aliphatic carbocycles. The minimum absolute atomic E-state index is 0.277. The fraction of sp³-hybridized carbons (Fsp3) is 0.306. The van der Waals surface area contributed by atoms with Crippen LogP contribution in [0.3, 0.4) is 0 Å². The summed E-state index contributed by atoms with van der Waals surface area (Å²) in [6, 6.07) is 25.3. The molecule has 1 aliphatic heterocycles. The molecule has 0 spiro atoms. The maximum Gasteiger partial charge on any atom is 0.338 e. The largest absolute Gasteiger partial charge is 0.459 e. The molecule has 0 radical (unpaired) electrons. The van der Waals surface area contributed by atoms with Gasteiger partial charge in [0.1, 0.15) is 23.3 Å². The number of hydrogen-bond acceptors (Lipinski definition) is 13. The second-order valence-electron chi connectivity index (χ2n) is 11.2. The summed E-state index contributed by atoms with van der Waals surface area (Å²) < 4.78 is 25.8. The van der Waals surface area contributed by atoms with Gasteiger partial charge >= 0.3 is 17.9 Å². The van der Waals surface area contributed by atoms with E-state index in [9.17, 15) is 14.4 Å².